The molecule has 0 spiro atoms. The SMILES string of the molecule is CC[C@H](C(=O)NC)N(Cc1ccc(Cl)cc1Cl)C(=O)COc1ccc(F)cc1. The Labute approximate surface area is 173 Å². The first-order chi connectivity index (χ1) is 13.3. The van der Waals surface area contributed by atoms with Crippen molar-refractivity contribution in [3.05, 3.63) is 63.9 Å². The summed E-state index contributed by atoms with van der Waals surface area (Å²) in [6.07, 6.45) is 0.410. The predicted octanol–water partition coefficient (Wildman–Crippen LogP) is 4.06. The van der Waals surface area contributed by atoms with Crippen LogP contribution < -0.4 is 10.1 Å². The molecule has 0 heterocycles. The van der Waals surface area contributed by atoms with Crippen LogP contribution >= 0.6 is 23.2 Å². The van der Waals surface area contributed by atoms with Gasteiger partial charge in [-0.25, -0.2) is 4.39 Å². The Morgan fingerprint density at radius 1 is 1.18 bits per heavy atom. The summed E-state index contributed by atoms with van der Waals surface area (Å²) >= 11 is 12.2. The zero-order valence-corrected chi connectivity index (χ0v) is 17.1. The van der Waals surface area contributed by atoms with Crippen molar-refractivity contribution in [2.75, 3.05) is 13.7 Å². The van der Waals surface area contributed by atoms with E-state index in [1.807, 2.05) is 6.92 Å². The van der Waals surface area contributed by atoms with Crippen LogP contribution in [0, 0.1) is 5.82 Å². The number of nitrogens with one attached hydrogen (secondary N) is 1. The van der Waals surface area contributed by atoms with Crippen molar-refractivity contribution in [3.63, 3.8) is 0 Å². The summed E-state index contributed by atoms with van der Waals surface area (Å²) in [5.74, 6) is -0.732. The average molecular weight is 427 g/mol. The predicted molar refractivity (Wildman–Crippen MR) is 107 cm³/mol. The van der Waals surface area contributed by atoms with Gasteiger partial charge >= 0.3 is 0 Å². The van der Waals surface area contributed by atoms with Gasteiger partial charge in [0.1, 0.15) is 17.6 Å². The summed E-state index contributed by atoms with van der Waals surface area (Å²) in [4.78, 5) is 26.6. The molecule has 8 heteroatoms. The third kappa shape index (κ3) is 5.84. The molecule has 0 radical (unpaired) electrons. The molecular formula is C20H21Cl2FN2O3. The summed E-state index contributed by atoms with van der Waals surface area (Å²) in [6.45, 7) is 1.63. The maximum Gasteiger partial charge on any atom is 0.261 e. The second-order valence-corrected chi connectivity index (χ2v) is 6.88. The van der Waals surface area contributed by atoms with Crippen LogP contribution in [-0.2, 0) is 16.1 Å². The monoisotopic (exact) mass is 426 g/mol. The van der Waals surface area contributed by atoms with E-state index in [9.17, 15) is 14.0 Å². The molecule has 0 saturated carbocycles. The van der Waals surface area contributed by atoms with Crippen LogP contribution in [0.4, 0.5) is 4.39 Å². The van der Waals surface area contributed by atoms with Crippen molar-refractivity contribution >= 4 is 35.0 Å². The summed E-state index contributed by atoms with van der Waals surface area (Å²) in [7, 11) is 1.51. The van der Waals surface area contributed by atoms with Crippen molar-refractivity contribution in [1.29, 1.82) is 0 Å². The van der Waals surface area contributed by atoms with Crippen molar-refractivity contribution in [2.24, 2.45) is 0 Å². The minimum absolute atomic E-state index is 0.119. The third-order valence-corrected chi connectivity index (χ3v) is 4.75. The number of ether oxygens (including phenoxy) is 1. The van der Waals surface area contributed by atoms with Gasteiger partial charge in [0.2, 0.25) is 5.91 Å². The molecule has 0 aliphatic carbocycles. The fourth-order valence-electron chi connectivity index (χ4n) is 2.68. The van der Waals surface area contributed by atoms with Gasteiger partial charge in [0.15, 0.2) is 6.61 Å². The minimum atomic E-state index is -0.693. The number of likely N-dealkylation sites (N-methyl/N-ethyl adjacent to an activating group) is 1. The molecule has 150 valence electrons. The number of hydrogen-bond donors (Lipinski definition) is 1. The Kier molecular flexibility index (Phi) is 8.08. The maximum absolute atomic E-state index is 13.0. The maximum atomic E-state index is 13.0. The molecule has 28 heavy (non-hydrogen) atoms. The second-order valence-electron chi connectivity index (χ2n) is 6.04. The Bertz CT molecular complexity index is 831. The topological polar surface area (TPSA) is 58.6 Å². The molecule has 0 aliphatic rings. The number of rotatable bonds is 8. The molecule has 1 atom stereocenters. The largest absolute Gasteiger partial charge is 0.484 e. The zero-order valence-electron chi connectivity index (χ0n) is 15.5. The van der Waals surface area contributed by atoms with E-state index in [2.05, 4.69) is 5.32 Å². The van der Waals surface area contributed by atoms with Gasteiger partial charge in [-0.15, -0.1) is 0 Å². The minimum Gasteiger partial charge on any atom is -0.484 e. The van der Waals surface area contributed by atoms with Gasteiger partial charge in [-0.2, -0.15) is 0 Å². The first-order valence-electron chi connectivity index (χ1n) is 8.69. The van der Waals surface area contributed by atoms with Crippen LogP contribution in [0.3, 0.4) is 0 Å². The lowest BCUT2D eigenvalue weighted by Crippen LogP contribution is -2.49. The highest BCUT2D eigenvalue weighted by Gasteiger charge is 2.28. The van der Waals surface area contributed by atoms with Gasteiger partial charge in [0, 0.05) is 23.6 Å². The Morgan fingerprint density at radius 3 is 2.43 bits per heavy atom. The van der Waals surface area contributed by atoms with Gasteiger partial charge < -0.3 is 15.0 Å². The number of hydrogen-bond acceptors (Lipinski definition) is 3. The van der Waals surface area contributed by atoms with Crippen LogP contribution in [0.15, 0.2) is 42.5 Å². The fraction of sp³-hybridized carbons (Fsp3) is 0.300. The van der Waals surface area contributed by atoms with Gasteiger partial charge in [-0.3, -0.25) is 9.59 Å². The highest BCUT2D eigenvalue weighted by molar-refractivity contribution is 6.35. The third-order valence-electron chi connectivity index (χ3n) is 4.16. The van der Waals surface area contributed by atoms with Crippen LogP contribution in [0.5, 0.6) is 5.75 Å². The van der Waals surface area contributed by atoms with E-state index in [-0.39, 0.29) is 19.1 Å². The van der Waals surface area contributed by atoms with Crippen LogP contribution in [-0.4, -0.2) is 36.4 Å². The molecule has 1 N–H and O–H groups in total. The Hall–Kier alpha value is -2.31. The first-order valence-corrected chi connectivity index (χ1v) is 9.44. The molecule has 0 fully saturated rings. The van der Waals surface area contributed by atoms with E-state index in [1.165, 1.54) is 36.2 Å². The normalized spacial score (nSPS) is 11.6. The molecule has 2 aromatic rings. The highest BCUT2D eigenvalue weighted by Crippen LogP contribution is 2.24. The van der Waals surface area contributed by atoms with Crippen molar-refractivity contribution in [3.8, 4) is 5.75 Å². The van der Waals surface area contributed by atoms with E-state index >= 15 is 0 Å². The van der Waals surface area contributed by atoms with Gasteiger partial charge in [-0.1, -0.05) is 36.2 Å². The van der Waals surface area contributed by atoms with Crippen LogP contribution in [0.2, 0.25) is 10.0 Å². The molecule has 0 unspecified atom stereocenters. The molecular weight excluding hydrogens is 406 g/mol. The van der Waals surface area contributed by atoms with Crippen LogP contribution in [0.25, 0.3) is 0 Å². The molecule has 5 nitrogen and oxygen atoms in total. The van der Waals surface area contributed by atoms with Crippen molar-refractivity contribution < 1.29 is 18.7 Å². The van der Waals surface area contributed by atoms with E-state index in [1.54, 1.807) is 18.2 Å². The smallest absolute Gasteiger partial charge is 0.261 e. The summed E-state index contributed by atoms with van der Waals surface area (Å²) in [5, 5.41) is 3.45. The van der Waals surface area contributed by atoms with Crippen LogP contribution in [0.1, 0.15) is 18.9 Å². The number of amides is 2. The molecule has 0 aliphatic heterocycles. The number of nitrogens with zero attached hydrogens (tertiary/aromatic N) is 1. The molecule has 0 aromatic heterocycles. The standard InChI is InChI=1S/C20H21Cl2FN2O3/c1-3-18(20(27)24-2)25(11-13-4-5-14(21)10-17(13)22)19(26)12-28-16-8-6-15(23)7-9-16/h4-10,18H,3,11-12H2,1-2H3,(H,24,27)/t18-/m1/s1. The zero-order chi connectivity index (χ0) is 20.7. The number of halogens is 3. The molecule has 0 bridgehead atoms. The second kappa shape index (κ2) is 10.3. The van der Waals surface area contributed by atoms with Gasteiger partial charge in [0.25, 0.3) is 5.91 Å². The van der Waals surface area contributed by atoms with Crippen molar-refractivity contribution in [1.82, 2.24) is 10.2 Å². The Morgan fingerprint density at radius 2 is 1.86 bits per heavy atom. The lowest BCUT2D eigenvalue weighted by Gasteiger charge is -2.30. The van der Waals surface area contributed by atoms with E-state index in [0.29, 0.717) is 27.8 Å². The summed E-state index contributed by atoms with van der Waals surface area (Å²) < 4.78 is 18.5. The van der Waals surface area contributed by atoms with E-state index in [4.69, 9.17) is 27.9 Å². The molecule has 2 rings (SSSR count). The summed E-state index contributed by atoms with van der Waals surface area (Å²) in [6, 6.07) is 9.61. The molecule has 0 saturated heterocycles. The fourth-order valence-corrected chi connectivity index (χ4v) is 3.15. The van der Waals surface area contributed by atoms with E-state index in [0.717, 1.165) is 0 Å². The molecule has 2 aromatic carbocycles. The van der Waals surface area contributed by atoms with Gasteiger partial charge in [0.05, 0.1) is 0 Å². The lowest BCUT2D eigenvalue weighted by molar-refractivity contribution is -0.142. The van der Waals surface area contributed by atoms with Crippen molar-refractivity contribution in [2.45, 2.75) is 25.9 Å². The highest BCUT2D eigenvalue weighted by atomic mass is 35.5. The average Bonchev–Trinajstić information content (AvgIpc) is 2.68. The lowest BCUT2D eigenvalue weighted by atomic mass is 10.1. The summed E-state index contributed by atoms with van der Waals surface area (Å²) in [5.41, 5.74) is 0.656. The Balaban J connectivity index is 2.21. The number of benzene rings is 2. The van der Waals surface area contributed by atoms with E-state index < -0.39 is 17.8 Å². The number of carbonyl (C=O) groups excluding carboxylic acids is 2. The molecule has 2 amide bonds. The number of carbonyl (C=O) groups is 2. The quantitative estimate of drug-likeness (QED) is 0.691. The van der Waals surface area contributed by atoms with Gasteiger partial charge in [-0.05, 0) is 48.4 Å². The first kappa shape index (κ1) is 22.0.